The zero-order valence-electron chi connectivity index (χ0n) is 7.33. The lowest BCUT2D eigenvalue weighted by Crippen LogP contribution is -2.04. The number of nitrogens with one attached hydrogen (secondary N) is 1. The Labute approximate surface area is 77.4 Å². The summed E-state index contributed by atoms with van der Waals surface area (Å²) in [4.78, 5) is 3.89. The molecule has 64 valence electrons. The highest BCUT2D eigenvalue weighted by Gasteiger charge is 1.96. The number of nitrogens with zero attached hydrogens (tertiary/aromatic N) is 2. The van der Waals surface area contributed by atoms with Crippen molar-refractivity contribution in [3.8, 4) is 17.9 Å². The van der Waals surface area contributed by atoms with Gasteiger partial charge in [-0.3, -0.25) is 0 Å². The van der Waals surface area contributed by atoms with Crippen LogP contribution in [0.25, 0.3) is 0 Å². The molecule has 0 saturated carbocycles. The Morgan fingerprint density at radius 3 is 3.15 bits per heavy atom. The van der Waals surface area contributed by atoms with Gasteiger partial charge in [-0.15, -0.1) is 0 Å². The van der Waals surface area contributed by atoms with E-state index in [0.29, 0.717) is 17.8 Å². The van der Waals surface area contributed by atoms with E-state index in [1.54, 1.807) is 18.3 Å². The summed E-state index contributed by atoms with van der Waals surface area (Å²) in [6, 6.07) is 5.54. The zero-order valence-corrected chi connectivity index (χ0v) is 7.33. The highest BCUT2D eigenvalue weighted by atomic mass is 14.8. The highest BCUT2D eigenvalue weighted by molar-refractivity contribution is 5.43. The van der Waals surface area contributed by atoms with Gasteiger partial charge in [0.25, 0.3) is 0 Å². The van der Waals surface area contributed by atoms with Crippen LogP contribution in [0.2, 0.25) is 0 Å². The molecule has 0 aliphatic heterocycles. The van der Waals surface area contributed by atoms with Crippen molar-refractivity contribution in [2.75, 3.05) is 13.6 Å². The normalized spacial score (nSPS) is 8.31. The Hall–Kier alpha value is -1.84. The lowest BCUT2D eigenvalue weighted by molar-refractivity contribution is 0.938. The van der Waals surface area contributed by atoms with Crippen LogP contribution in [0.15, 0.2) is 18.3 Å². The van der Waals surface area contributed by atoms with Gasteiger partial charge in [0.15, 0.2) is 5.69 Å². The molecule has 0 spiro atoms. The van der Waals surface area contributed by atoms with Crippen molar-refractivity contribution in [2.24, 2.45) is 0 Å². The third kappa shape index (κ3) is 2.59. The van der Waals surface area contributed by atoms with Gasteiger partial charge < -0.3 is 5.32 Å². The largest absolute Gasteiger partial charge is 0.309 e. The number of aromatic nitrogens is 1. The number of nitriles is 1. The zero-order chi connectivity index (χ0) is 9.52. The van der Waals surface area contributed by atoms with Crippen molar-refractivity contribution < 1.29 is 0 Å². The quantitative estimate of drug-likeness (QED) is 0.627. The van der Waals surface area contributed by atoms with Gasteiger partial charge in [0.1, 0.15) is 6.07 Å². The van der Waals surface area contributed by atoms with Crippen LogP contribution in [0.3, 0.4) is 0 Å². The minimum Gasteiger partial charge on any atom is -0.309 e. The molecular weight excluding hydrogens is 162 g/mol. The smallest absolute Gasteiger partial charge is 0.156 e. The first-order valence-corrected chi connectivity index (χ1v) is 3.87. The maximum atomic E-state index is 8.68. The van der Waals surface area contributed by atoms with Gasteiger partial charge in [-0.1, -0.05) is 11.8 Å². The van der Waals surface area contributed by atoms with Crippen molar-refractivity contribution in [3.63, 3.8) is 0 Å². The Morgan fingerprint density at radius 2 is 2.46 bits per heavy atom. The minimum absolute atomic E-state index is 0.381. The molecule has 0 atom stereocenters. The van der Waals surface area contributed by atoms with Gasteiger partial charge in [0.2, 0.25) is 0 Å². The maximum absolute atomic E-state index is 8.68. The average molecular weight is 171 g/mol. The molecule has 0 saturated heterocycles. The molecule has 3 nitrogen and oxygen atoms in total. The van der Waals surface area contributed by atoms with E-state index >= 15 is 0 Å². The lowest BCUT2D eigenvalue weighted by Gasteiger charge is -1.91. The Bertz CT molecular complexity index is 379. The van der Waals surface area contributed by atoms with Gasteiger partial charge in [-0.25, -0.2) is 4.98 Å². The van der Waals surface area contributed by atoms with Crippen molar-refractivity contribution >= 4 is 0 Å². The average Bonchev–Trinajstić information content (AvgIpc) is 2.19. The van der Waals surface area contributed by atoms with E-state index in [9.17, 15) is 0 Å². The second-order valence-electron chi connectivity index (χ2n) is 2.34. The number of pyridine rings is 1. The standard InChI is InChI=1S/C10H9N3/c1-12-6-2-4-9-5-3-7-13-10(9)8-11/h3,5,7,12H,6H2,1H3. The highest BCUT2D eigenvalue weighted by Crippen LogP contribution is 2.00. The van der Waals surface area contributed by atoms with Gasteiger partial charge in [-0.2, -0.15) is 5.26 Å². The second kappa shape index (κ2) is 4.92. The summed E-state index contributed by atoms with van der Waals surface area (Å²) in [5.74, 6) is 5.74. The number of hydrogen-bond donors (Lipinski definition) is 1. The van der Waals surface area contributed by atoms with Crippen LogP contribution in [0.5, 0.6) is 0 Å². The van der Waals surface area contributed by atoms with Gasteiger partial charge in [-0.05, 0) is 19.2 Å². The topological polar surface area (TPSA) is 48.7 Å². The van der Waals surface area contributed by atoms with Crippen molar-refractivity contribution in [3.05, 3.63) is 29.6 Å². The molecule has 13 heavy (non-hydrogen) atoms. The fraction of sp³-hybridized carbons (Fsp3) is 0.200. The summed E-state index contributed by atoms with van der Waals surface area (Å²) in [5, 5.41) is 11.6. The molecule has 0 unspecified atom stereocenters. The Kier molecular flexibility index (Phi) is 3.50. The molecule has 0 aliphatic rings. The SMILES string of the molecule is CNCC#Cc1cccnc1C#N. The Balaban J connectivity index is 2.91. The van der Waals surface area contributed by atoms with E-state index in [4.69, 9.17) is 5.26 Å². The molecular formula is C10H9N3. The van der Waals surface area contributed by atoms with Crippen LogP contribution in [0.4, 0.5) is 0 Å². The molecule has 3 heteroatoms. The second-order valence-corrected chi connectivity index (χ2v) is 2.34. The van der Waals surface area contributed by atoms with E-state index in [1.165, 1.54) is 0 Å². The van der Waals surface area contributed by atoms with Gasteiger partial charge in [0.05, 0.1) is 12.1 Å². The summed E-state index contributed by atoms with van der Waals surface area (Å²) in [7, 11) is 1.82. The van der Waals surface area contributed by atoms with E-state index in [2.05, 4.69) is 22.1 Å². The molecule has 1 aromatic rings. The third-order valence-corrected chi connectivity index (χ3v) is 1.40. The summed E-state index contributed by atoms with van der Waals surface area (Å²) in [6.45, 7) is 0.611. The molecule has 1 rings (SSSR count). The fourth-order valence-electron chi connectivity index (χ4n) is 0.823. The summed E-state index contributed by atoms with van der Waals surface area (Å²) < 4.78 is 0. The number of rotatable bonds is 1. The molecule has 0 aromatic carbocycles. The van der Waals surface area contributed by atoms with E-state index in [1.807, 2.05) is 13.1 Å². The van der Waals surface area contributed by atoms with Crippen LogP contribution >= 0.6 is 0 Å². The number of hydrogen-bond acceptors (Lipinski definition) is 3. The summed E-state index contributed by atoms with van der Waals surface area (Å²) in [6.07, 6.45) is 1.59. The van der Waals surface area contributed by atoms with Gasteiger partial charge in [0, 0.05) is 6.20 Å². The third-order valence-electron chi connectivity index (χ3n) is 1.40. The predicted octanol–water partition coefficient (Wildman–Crippen LogP) is 0.524. The van der Waals surface area contributed by atoms with Crippen molar-refractivity contribution in [2.45, 2.75) is 0 Å². The first kappa shape index (κ1) is 9.25. The monoisotopic (exact) mass is 171 g/mol. The van der Waals surface area contributed by atoms with Crippen molar-refractivity contribution in [1.82, 2.24) is 10.3 Å². The molecule has 0 aliphatic carbocycles. The summed E-state index contributed by atoms with van der Waals surface area (Å²) in [5.41, 5.74) is 1.06. The Morgan fingerprint density at radius 1 is 1.62 bits per heavy atom. The van der Waals surface area contributed by atoms with E-state index < -0.39 is 0 Å². The molecule has 1 heterocycles. The molecule has 0 bridgehead atoms. The molecule has 0 fully saturated rings. The van der Waals surface area contributed by atoms with Crippen molar-refractivity contribution in [1.29, 1.82) is 5.26 Å². The van der Waals surface area contributed by atoms with Crippen LogP contribution < -0.4 is 5.32 Å². The van der Waals surface area contributed by atoms with E-state index in [-0.39, 0.29) is 0 Å². The fourth-order valence-corrected chi connectivity index (χ4v) is 0.823. The first-order chi connectivity index (χ1) is 6.38. The molecule has 0 amide bonds. The van der Waals surface area contributed by atoms with E-state index in [0.717, 1.165) is 0 Å². The maximum Gasteiger partial charge on any atom is 0.156 e. The summed E-state index contributed by atoms with van der Waals surface area (Å²) >= 11 is 0. The van der Waals surface area contributed by atoms with Crippen LogP contribution in [0.1, 0.15) is 11.3 Å². The predicted molar refractivity (Wildman–Crippen MR) is 49.8 cm³/mol. The van der Waals surface area contributed by atoms with Crippen LogP contribution in [-0.4, -0.2) is 18.6 Å². The molecule has 1 N–H and O–H groups in total. The van der Waals surface area contributed by atoms with Gasteiger partial charge >= 0.3 is 0 Å². The first-order valence-electron chi connectivity index (χ1n) is 3.87. The molecule has 1 aromatic heterocycles. The minimum atomic E-state index is 0.381. The molecule has 0 radical (unpaired) electrons. The van der Waals surface area contributed by atoms with Crippen LogP contribution in [0, 0.1) is 23.2 Å². The lowest BCUT2D eigenvalue weighted by atomic mass is 10.2. The van der Waals surface area contributed by atoms with Crippen LogP contribution in [-0.2, 0) is 0 Å².